The Labute approximate surface area is 208 Å². The largest absolute Gasteiger partial charge is 0.403 e. The fourth-order valence-electron chi connectivity index (χ4n) is 4.50. The van der Waals surface area contributed by atoms with Crippen molar-refractivity contribution in [1.82, 2.24) is 10.3 Å². The molecule has 1 aromatic carbocycles. The van der Waals surface area contributed by atoms with Gasteiger partial charge in [0.05, 0.1) is 11.6 Å². The molecule has 190 valence electrons. The third kappa shape index (κ3) is 7.08. The molecule has 4 rings (SSSR count). The quantitative estimate of drug-likeness (QED) is 0.456. The minimum Gasteiger partial charge on any atom is -0.385 e. The summed E-state index contributed by atoms with van der Waals surface area (Å²) in [5, 5.41) is 9.43. The van der Waals surface area contributed by atoms with E-state index in [9.17, 15) is 18.0 Å². The summed E-state index contributed by atoms with van der Waals surface area (Å²) in [4.78, 5) is 16.8. The Morgan fingerprint density at radius 1 is 1.14 bits per heavy atom. The Balaban J connectivity index is 1.34. The molecule has 10 heteroatoms. The Bertz CT molecular complexity index is 1010. The van der Waals surface area contributed by atoms with Crippen molar-refractivity contribution in [3.8, 4) is 11.1 Å². The third-order valence-electron chi connectivity index (χ3n) is 6.67. The predicted octanol–water partition coefficient (Wildman–Crippen LogP) is 5.15. The molecule has 2 atom stereocenters. The van der Waals surface area contributed by atoms with E-state index < -0.39 is 18.1 Å². The van der Waals surface area contributed by atoms with Gasteiger partial charge in [0.1, 0.15) is 11.9 Å². The number of rotatable bonds is 8. The number of carbonyl (C=O) groups is 1. The van der Waals surface area contributed by atoms with Crippen molar-refractivity contribution in [2.75, 3.05) is 43.5 Å². The molecule has 1 aromatic heterocycles. The van der Waals surface area contributed by atoms with Crippen LogP contribution in [0.15, 0.2) is 36.5 Å². The lowest BCUT2D eigenvalue weighted by atomic mass is 9.91. The lowest BCUT2D eigenvalue weighted by Gasteiger charge is -2.30. The monoisotopic (exact) mass is 510 g/mol. The van der Waals surface area contributed by atoms with Gasteiger partial charge in [0.15, 0.2) is 5.78 Å². The van der Waals surface area contributed by atoms with Gasteiger partial charge in [-0.15, -0.1) is 0 Å². The number of hydrogen-bond donors (Lipinski definition) is 3. The summed E-state index contributed by atoms with van der Waals surface area (Å²) in [6.45, 7) is 2.51. The van der Waals surface area contributed by atoms with Crippen LogP contribution in [0.4, 0.5) is 24.7 Å². The normalized spacial score (nSPS) is 21.5. The Morgan fingerprint density at radius 2 is 1.94 bits per heavy atom. The highest BCUT2D eigenvalue weighted by molar-refractivity contribution is 6.33. The van der Waals surface area contributed by atoms with Crippen LogP contribution in [-0.4, -0.2) is 55.8 Å². The van der Waals surface area contributed by atoms with Crippen molar-refractivity contribution in [3.63, 3.8) is 0 Å². The van der Waals surface area contributed by atoms with Gasteiger partial charge in [-0.05, 0) is 55.4 Å². The highest BCUT2D eigenvalue weighted by Crippen LogP contribution is 2.32. The van der Waals surface area contributed by atoms with Gasteiger partial charge in [-0.2, -0.15) is 13.2 Å². The highest BCUT2D eigenvalue weighted by Gasteiger charge is 2.42. The molecule has 2 unspecified atom stereocenters. The zero-order chi connectivity index (χ0) is 24.8. The number of piperidine rings is 1. The second-order valence-electron chi connectivity index (χ2n) is 9.16. The van der Waals surface area contributed by atoms with Crippen molar-refractivity contribution >= 4 is 28.9 Å². The second kappa shape index (κ2) is 11.6. The molecule has 2 aliphatic heterocycles. The number of hydrogen-bond acceptors (Lipinski definition) is 6. The fourth-order valence-corrected chi connectivity index (χ4v) is 4.71. The molecule has 6 nitrogen and oxygen atoms in total. The molecule has 0 aliphatic carbocycles. The van der Waals surface area contributed by atoms with E-state index in [-0.39, 0.29) is 31.7 Å². The highest BCUT2D eigenvalue weighted by atomic mass is 35.5. The molecule has 3 N–H and O–H groups in total. The summed E-state index contributed by atoms with van der Waals surface area (Å²) in [7, 11) is 0. The van der Waals surface area contributed by atoms with Crippen LogP contribution in [-0.2, 0) is 9.53 Å². The molecule has 0 saturated carbocycles. The molecular formula is C25H30ClF3N4O2. The van der Waals surface area contributed by atoms with Crippen LogP contribution in [0.1, 0.15) is 25.7 Å². The molecule has 2 fully saturated rings. The number of anilines is 2. The van der Waals surface area contributed by atoms with E-state index in [1.807, 2.05) is 24.3 Å². The molecule has 0 bridgehead atoms. The fraction of sp³-hybridized carbons (Fsp3) is 0.520. The number of halogens is 4. The number of nitrogens with zero attached hydrogens (tertiary/aromatic N) is 1. The van der Waals surface area contributed by atoms with Gasteiger partial charge in [-0.1, -0.05) is 23.7 Å². The summed E-state index contributed by atoms with van der Waals surface area (Å²) in [6, 6.07) is 8.20. The minimum absolute atomic E-state index is 0.0101. The van der Waals surface area contributed by atoms with Gasteiger partial charge in [0.25, 0.3) is 0 Å². The van der Waals surface area contributed by atoms with E-state index in [0.717, 1.165) is 49.4 Å². The van der Waals surface area contributed by atoms with Crippen LogP contribution in [0.3, 0.4) is 0 Å². The van der Waals surface area contributed by atoms with Crippen molar-refractivity contribution in [1.29, 1.82) is 0 Å². The van der Waals surface area contributed by atoms with E-state index in [1.54, 1.807) is 6.07 Å². The maximum Gasteiger partial charge on any atom is 0.403 e. The zero-order valence-corrected chi connectivity index (χ0v) is 20.1. The molecular weight excluding hydrogens is 481 g/mol. The summed E-state index contributed by atoms with van der Waals surface area (Å²) < 4.78 is 43.9. The third-order valence-corrected chi connectivity index (χ3v) is 6.97. The van der Waals surface area contributed by atoms with Crippen LogP contribution in [0, 0.1) is 11.8 Å². The lowest BCUT2D eigenvalue weighted by molar-refractivity contribution is -0.163. The number of nitrogens with one attached hydrogen (secondary N) is 3. The van der Waals surface area contributed by atoms with Gasteiger partial charge < -0.3 is 20.7 Å². The summed E-state index contributed by atoms with van der Waals surface area (Å²) >= 11 is 6.43. The van der Waals surface area contributed by atoms with Gasteiger partial charge >= 0.3 is 6.18 Å². The van der Waals surface area contributed by atoms with Gasteiger partial charge in [0.2, 0.25) is 0 Å². The number of ether oxygens (including phenoxy) is 1. The molecule has 2 aromatic rings. The van der Waals surface area contributed by atoms with E-state index in [4.69, 9.17) is 16.3 Å². The average Bonchev–Trinajstić information content (AvgIpc) is 2.87. The smallest absolute Gasteiger partial charge is 0.385 e. The van der Waals surface area contributed by atoms with E-state index in [1.165, 1.54) is 6.20 Å². The molecule has 2 aliphatic rings. The van der Waals surface area contributed by atoms with Crippen molar-refractivity contribution in [3.05, 3.63) is 41.6 Å². The number of aromatic nitrogens is 1. The van der Waals surface area contributed by atoms with E-state index in [0.29, 0.717) is 16.8 Å². The maximum absolute atomic E-state index is 12.8. The van der Waals surface area contributed by atoms with E-state index >= 15 is 0 Å². The van der Waals surface area contributed by atoms with Crippen LogP contribution >= 0.6 is 11.6 Å². The first-order chi connectivity index (χ1) is 16.8. The average molecular weight is 511 g/mol. The van der Waals surface area contributed by atoms with Gasteiger partial charge in [-0.3, -0.25) is 4.79 Å². The Morgan fingerprint density at radius 3 is 2.66 bits per heavy atom. The number of Topliss-reactive ketones (excluding diaryl/α,β-unsaturated/α-hetero) is 1. The molecule has 3 heterocycles. The first-order valence-corrected chi connectivity index (χ1v) is 12.3. The first kappa shape index (κ1) is 25.7. The maximum atomic E-state index is 12.8. The standard InChI is InChI=1S/C25H30ClF3N4O2/c26-21-14-32-24(33-15-22(34)18-4-5-23(31-13-18)25(27,28)29)11-20(21)17-2-1-3-19(10-17)30-12-16-6-8-35-9-7-16/h1-3,10-11,14,16,18,23,30-31H,4-9,12-13,15H2,(H,32,33). The molecule has 0 radical (unpaired) electrons. The number of alkyl halides is 3. The molecule has 0 spiro atoms. The number of pyridine rings is 1. The summed E-state index contributed by atoms with van der Waals surface area (Å²) in [6.07, 6.45) is -0.533. The van der Waals surface area contributed by atoms with Crippen LogP contribution in [0.2, 0.25) is 5.02 Å². The second-order valence-corrected chi connectivity index (χ2v) is 9.57. The SMILES string of the molecule is O=C(CNc1cc(-c2cccc(NCC3CCOCC3)c2)c(Cl)cn1)C1CCC(C(F)(F)F)NC1. The van der Waals surface area contributed by atoms with Crippen LogP contribution < -0.4 is 16.0 Å². The number of carbonyl (C=O) groups excluding carboxylic acids is 1. The zero-order valence-electron chi connectivity index (χ0n) is 19.3. The van der Waals surface area contributed by atoms with Gasteiger partial charge in [0, 0.05) is 49.7 Å². The Hall–Kier alpha value is -2.36. The summed E-state index contributed by atoms with van der Waals surface area (Å²) in [5.41, 5.74) is 2.69. The molecule has 0 amide bonds. The van der Waals surface area contributed by atoms with Gasteiger partial charge in [-0.25, -0.2) is 4.98 Å². The van der Waals surface area contributed by atoms with Crippen molar-refractivity contribution in [2.24, 2.45) is 11.8 Å². The minimum atomic E-state index is -4.28. The lowest BCUT2D eigenvalue weighted by Crippen LogP contribution is -2.49. The number of benzene rings is 1. The predicted molar refractivity (Wildman–Crippen MR) is 131 cm³/mol. The molecule has 35 heavy (non-hydrogen) atoms. The van der Waals surface area contributed by atoms with Crippen LogP contribution in [0.25, 0.3) is 11.1 Å². The van der Waals surface area contributed by atoms with Crippen molar-refractivity contribution in [2.45, 2.75) is 37.9 Å². The summed E-state index contributed by atoms with van der Waals surface area (Å²) in [5.74, 6) is 0.473. The topological polar surface area (TPSA) is 75.3 Å². The molecule has 2 saturated heterocycles. The number of ketones is 1. The van der Waals surface area contributed by atoms with E-state index in [2.05, 4.69) is 20.9 Å². The first-order valence-electron chi connectivity index (χ1n) is 11.9. The van der Waals surface area contributed by atoms with Crippen LogP contribution in [0.5, 0.6) is 0 Å². The Kier molecular flexibility index (Phi) is 8.51. The van der Waals surface area contributed by atoms with Crippen molar-refractivity contribution < 1.29 is 22.7 Å².